The molecule has 0 aliphatic carbocycles. The SMILES string of the molecule is OC[C@H](c1ccccc1)n1nnc2ccccc21. The minimum atomic E-state index is -0.196. The van der Waals surface area contributed by atoms with E-state index in [1.807, 2.05) is 54.6 Å². The summed E-state index contributed by atoms with van der Waals surface area (Å²) in [5, 5.41) is 17.9. The van der Waals surface area contributed by atoms with Gasteiger partial charge in [-0.1, -0.05) is 47.7 Å². The van der Waals surface area contributed by atoms with E-state index < -0.39 is 0 Å². The van der Waals surface area contributed by atoms with Crippen LogP contribution < -0.4 is 0 Å². The van der Waals surface area contributed by atoms with Gasteiger partial charge < -0.3 is 5.11 Å². The lowest BCUT2D eigenvalue weighted by Crippen LogP contribution is -2.16. The van der Waals surface area contributed by atoms with Gasteiger partial charge in [0, 0.05) is 0 Å². The second-order valence-corrected chi connectivity index (χ2v) is 4.13. The first-order valence-electron chi connectivity index (χ1n) is 5.86. The summed E-state index contributed by atoms with van der Waals surface area (Å²) < 4.78 is 1.77. The van der Waals surface area contributed by atoms with Crippen LogP contribution in [0.1, 0.15) is 11.6 Å². The van der Waals surface area contributed by atoms with Crippen molar-refractivity contribution in [1.82, 2.24) is 15.0 Å². The number of fused-ring (bicyclic) bond motifs is 1. The predicted molar refractivity (Wildman–Crippen MR) is 69.2 cm³/mol. The molecular formula is C14H13N3O. The summed E-state index contributed by atoms with van der Waals surface area (Å²) in [5.74, 6) is 0. The molecule has 90 valence electrons. The van der Waals surface area contributed by atoms with E-state index in [1.165, 1.54) is 0 Å². The van der Waals surface area contributed by atoms with Crippen LogP contribution >= 0.6 is 0 Å². The summed E-state index contributed by atoms with van der Waals surface area (Å²) in [4.78, 5) is 0. The van der Waals surface area contributed by atoms with Crippen molar-refractivity contribution in [2.24, 2.45) is 0 Å². The van der Waals surface area contributed by atoms with Gasteiger partial charge >= 0.3 is 0 Å². The van der Waals surface area contributed by atoms with Crippen LogP contribution in [0.5, 0.6) is 0 Å². The van der Waals surface area contributed by atoms with Crippen LogP contribution in [0, 0.1) is 0 Å². The van der Waals surface area contributed by atoms with Crippen molar-refractivity contribution in [2.45, 2.75) is 6.04 Å². The number of aliphatic hydroxyl groups is 1. The van der Waals surface area contributed by atoms with Crippen LogP contribution in [-0.2, 0) is 0 Å². The molecule has 0 spiro atoms. The van der Waals surface area contributed by atoms with Crippen molar-refractivity contribution < 1.29 is 5.11 Å². The standard InChI is InChI=1S/C14H13N3O/c18-10-14(11-6-2-1-3-7-11)17-13-9-5-4-8-12(13)15-16-17/h1-9,14,18H,10H2/t14-/m1/s1. The molecule has 4 nitrogen and oxygen atoms in total. The molecule has 3 rings (SSSR count). The molecular weight excluding hydrogens is 226 g/mol. The lowest BCUT2D eigenvalue weighted by atomic mass is 10.1. The Morgan fingerprint density at radius 1 is 1.00 bits per heavy atom. The second kappa shape index (κ2) is 4.58. The molecule has 1 heterocycles. The van der Waals surface area contributed by atoms with Gasteiger partial charge in [0.1, 0.15) is 11.6 Å². The third-order valence-corrected chi connectivity index (χ3v) is 3.03. The van der Waals surface area contributed by atoms with E-state index in [-0.39, 0.29) is 12.6 Å². The molecule has 0 saturated carbocycles. The maximum Gasteiger partial charge on any atom is 0.113 e. The third-order valence-electron chi connectivity index (χ3n) is 3.03. The minimum Gasteiger partial charge on any atom is -0.394 e. The number of para-hydroxylation sites is 1. The predicted octanol–water partition coefficient (Wildman–Crippen LogP) is 2.01. The highest BCUT2D eigenvalue weighted by molar-refractivity contribution is 5.74. The number of aliphatic hydroxyl groups excluding tert-OH is 1. The molecule has 0 bridgehead atoms. The Morgan fingerprint density at radius 2 is 1.72 bits per heavy atom. The first-order valence-corrected chi connectivity index (χ1v) is 5.86. The number of nitrogens with zero attached hydrogens (tertiary/aromatic N) is 3. The van der Waals surface area contributed by atoms with Crippen molar-refractivity contribution in [1.29, 1.82) is 0 Å². The molecule has 0 fully saturated rings. The number of hydrogen-bond donors (Lipinski definition) is 1. The Hall–Kier alpha value is -2.20. The van der Waals surface area contributed by atoms with Crippen LogP contribution in [0.25, 0.3) is 11.0 Å². The van der Waals surface area contributed by atoms with E-state index in [0.29, 0.717) is 0 Å². The Bertz CT molecular complexity index is 648. The van der Waals surface area contributed by atoms with Crippen molar-refractivity contribution >= 4 is 11.0 Å². The molecule has 0 amide bonds. The maximum atomic E-state index is 9.62. The van der Waals surface area contributed by atoms with Crippen molar-refractivity contribution in [2.75, 3.05) is 6.61 Å². The Morgan fingerprint density at radius 3 is 2.50 bits per heavy atom. The fourth-order valence-electron chi connectivity index (χ4n) is 2.12. The third kappa shape index (κ3) is 1.76. The van der Waals surface area contributed by atoms with Gasteiger partial charge in [0.05, 0.1) is 12.1 Å². The van der Waals surface area contributed by atoms with Crippen LogP contribution in [0.4, 0.5) is 0 Å². The monoisotopic (exact) mass is 239 g/mol. The maximum absolute atomic E-state index is 9.62. The lowest BCUT2D eigenvalue weighted by molar-refractivity contribution is 0.242. The molecule has 2 aromatic carbocycles. The highest BCUT2D eigenvalue weighted by atomic mass is 16.3. The summed E-state index contributed by atoms with van der Waals surface area (Å²) in [6, 6.07) is 17.4. The first-order chi connectivity index (χ1) is 8.90. The molecule has 0 radical (unpaired) electrons. The number of hydrogen-bond acceptors (Lipinski definition) is 3. The largest absolute Gasteiger partial charge is 0.394 e. The molecule has 1 aromatic heterocycles. The van der Waals surface area contributed by atoms with Crippen LogP contribution in [0.15, 0.2) is 54.6 Å². The Kier molecular flexibility index (Phi) is 2.78. The second-order valence-electron chi connectivity index (χ2n) is 4.13. The van der Waals surface area contributed by atoms with Gasteiger partial charge in [-0.3, -0.25) is 0 Å². The van der Waals surface area contributed by atoms with Gasteiger partial charge in [0.2, 0.25) is 0 Å². The average Bonchev–Trinajstić information content (AvgIpc) is 2.85. The Labute approximate surface area is 104 Å². The molecule has 4 heteroatoms. The topological polar surface area (TPSA) is 50.9 Å². The summed E-state index contributed by atoms with van der Waals surface area (Å²) in [7, 11) is 0. The minimum absolute atomic E-state index is 0.00261. The highest BCUT2D eigenvalue weighted by Gasteiger charge is 2.16. The van der Waals surface area contributed by atoms with Gasteiger partial charge in [-0.2, -0.15) is 0 Å². The van der Waals surface area contributed by atoms with Crippen molar-refractivity contribution in [3.05, 3.63) is 60.2 Å². The summed E-state index contributed by atoms with van der Waals surface area (Å²) in [5.41, 5.74) is 2.79. The van der Waals surface area contributed by atoms with Gasteiger partial charge in [0.25, 0.3) is 0 Å². The van der Waals surface area contributed by atoms with Crippen molar-refractivity contribution in [3.63, 3.8) is 0 Å². The molecule has 3 aromatic rings. The molecule has 1 N–H and O–H groups in total. The van der Waals surface area contributed by atoms with Gasteiger partial charge in [-0.05, 0) is 17.7 Å². The zero-order chi connectivity index (χ0) is 12.4. The van der Waals surface area contributed by atoms with E-state index in [4.69, 9.17) is 0 Å². The zero-order valence-electron chi connectivity index (χ0n) is 9.77. The molecule has 0 aliphatic rings. The number of rotatable bonds is 3. The average molecular weight is 239 g/mol. The van der Waals surface area contributed by atoms with Crippen LogP contribution in [0.3, 0.4) is 0 Å². The summed E-state index contributed by atoms with van der Waals surface area (Å²) in [6.07, 6.45) is 0. The Balaban J connectivity index is 2.12. The van der Waals surface area contributed by atoms with Gasteiger partial charge in [0.15, 0.2) is 0 Å². The molecule has 0 unspecified atom stereocenters. The van der Waals surface area contributed by atoms with Gasteiger partial charge in [-0.15, -0.1) is 5.10 Å². The van der Waals surface area contributed by atoms with Gasteiger partial charge in [-0.25, -0.2) is 4.68 Å². The van der Waals surface area contributed by atoms with E-state index in [1.54, 1.807) is 4.68 Å². The van der Waals surface area contributed by atoms with E-state index in [9.17, 15) is 5.11 Å². The van der Waals surface area contributed by atoms with E-state index in [2.05, 4.69) is 10.3 Å². The normalized spacial score (nSPS) is 12.7. The van der Waals surface area contributed by atoms with Crippen molar-refractivity contribution in [3.8, 4) is 0 Å². The fourth-order valence-corrected chi connectivity index (χ4v) is 2.12. The molecule has 1 atom stereocenters. The molecule has 18 heavy (non-hydrogen) atoms. The van der Waals surface area contributed by atoms with E-state index in [0.717, 1.165) is 16.6 Å². The molecule has 0 aliphatic heterocycles. The zero-order valence-corrected chi connectivity index (χ0v) is 9.77. The number of benzene rings is 2. The first kappa shape index (κ1) is 10.9. The van der Waals surface area contributed by atoms with Crippen LogP contribution in [0.2, 0.25) is 0 Å². The van der Waals surface area contributed by atoms with Crippen LogP contribution in [-0.4, -0.2) is 26.7 Å². The fraction of sp³-hybridized carbons (Fsp3) is 0.143. The lowest BCUT2D eigenvalue weighted by Gasteiger charge is -2.15. The van der Waals surface area contributed by atoms with E-state index >= 15 is 0 Å². The molecule has 0 saturated heterocycles. The number of aromatic nitrogens is 3. The summed E-state index contributed by atoms with van der Waals surface area (Å²) in [6.45, 7) is -0.00261. The smallest absolute Gasteiger partial charge is 0.113 e. The summed E-state index contributed by atoms with van der Waals surface area (Å²) >= 11 is 0. The quantitative estimate of drug-likeness (QED) is 0.760. The highest BCUT2D eigenvalue weighted by Crippen LogP contribution is 2.21.